The smallest absolute Gasteiger partial charge is 0.0952 e. The molecule has 1 heterocycles. The number of allylic oxidation sites excluding steroid dienone is 1. The lowest BCUT2D eigenvalue weighted by Crippen LogP contribution is -2.34. The van der Waals surface area contributed by atoms with Crippen molar-refractivity contribution >= 4 is 40.5 Å². The number of hydrogen-bond donors (Lipinski definition) is 1. The first-order valence-corrected chi connectivity index (χ1v) is 6.16. The molecule has 0 aliphatic carbocycles. The van der Waals surface area contributed by atoms with E-state index in [4.69, 9.17) is 40.5 Å². The van der Waals surface area contributed by atoms with E-state index in [1.54, 1.807) is 12.1 Å². The van der Waals surface area contributed by atoms with Crippen molar-refractivity contribution in [3.8, 4) is 0 Å². The Kier molecular flexibility index (Phi) is 3.34. The largest absolute Gasteiger partial charge is 0.399 e. The molecule has 1 aromatic carbocycles. The number of benzene rings is 1. The molecule has 1 aromatic rings. The first-order valence-electron chi connectivity index (χ1n) is 5.02. The predicted molar refractivity (Wildman–Crippen MR) is 73.5 cm³/mol. The van der Waals surface area contributed by atoms with Gasteiger partial charge < -0.3 is 5.73 Å². The SMILES string of the molecule is CC1=C(N)CN(c2c(Cl)cc(Cl)cc2Cl)N1C. The normalized spacial score (nSPS) is 16.1. The fourth-order valence-corrected chi connectivity index (χ4v) is 2.79. The van der Waals surface area contributed by atoms with Crippen LogP contribution in [0.3, 0.4) is 0 Å². The minimum absolute atomic E-state index is 0.511. The Morgan fingerprint density at radius 3 is 2.12 bits per heavy atom. The number of hydrogen-bond acceptors (Lipinski definition) is 3. The van der Waals surface area contributed by atoms with Gasteiger partial charge in [0.25, 0.3) is 0 Å². The van der Waals surface area contributed by atoms with Gasteiger partial charge in [0.1, 0.15) is 0 Å². The van der Waals surface area contributed by atoms with Gasteiger partial charge in [0.05, 0.1) is 33.7 Å². The molecule has 0 radical (unpaired) electrons. The molecule has 0 bridgehead atoms. The molecule has 17 heavy (non-hydrogen) atoms. The van der Waals surface area contributed by atoms with Crippen molar-refractivity contribution in [1.29, 1.82) is 0 Å². The zero-order chi connectivity index (χ0) is 12.7. The van der Waals surface area contributed by atoms with Gasteiger partial charge in [0.15, 0.2) is 0 Å². The van der Waals surface area contributed by atoms with E-state index >= 15 is 0 Å². The van der Waals surface area contributed by atoms with Crippen molar-refractivity contribution in [3.05, 3.63) is 38.6 Å². The van der Waals surface area contributed by atoms with Crippen molar-refractivity contribution in [1.82, 2.24) is 5.01 Å². The summed E-state index contributed by atoms with van der Waals surface area (Å²) in [4.78, 5) is 0. The van der Waals surface area contributed by atoms with Crippen molar-refractivity contribution in [2.75, 3.05) is 18.6 Å². The van der Waals surface area contributed by atoms with Crippen LogP contribution in [0.25, 0.3) is 0 Å². The van der Waals surface area contributed by atoms with Crippen LogP contribution in [0.4, 0.5) is 5.69 Å². The minimum atomic E-state index is 0.511. The first-order chi connectivity index (χ1) is 7.91. The summed E-state index contributed by atoms with van der Waals surface area (Å²) < 4.78 is 0. The Bertz CT molecular complexity index is 476. The summed E-state index contributed by atoms with van der Waals surface area (Å²) in [6.45, 7) is 2.52. The van der Waals surface area contributed by atoms with E-state index in [0.717, 1.165) is 17.1 Å². The molecule has 0 fully saturated rings. The number of nitrogens with zero attached hydrogens (tertiary/aromatic N) is 2. The number of halogens is 3. The van der Waals surface area contributed by atoms with E-state index in [0.29, 0.717) is 21.6 Å². The average molecular weight is 293 g/mol. The Balaban J connectivity index is 2.44. The van der Waals surface area contributed by atoms with Crippen molar-refractivity contribution in [3.63, 3.8) is 0 Å². The minimum Gasteiger partial charge on any atom is -0.399 e. The molecule has 0 aromatic heterocycles. The highest BCUT2D eigenvalue weighted by Crippen LogP contribution is 2.39. The van der Waals surface area contributed by atoms with Gasteiger partial charge in [-0.05, 0) is 19.1 Å². The van der Waals surface area contributed by atoms with Gasteiger partial charge in [-0.2, -0.15) is 0 Å². The second-order valence-corrected chi connectivity index (χ2v) is 5.16. The fraction of sp³-hybridized carbons (Fsp3) is 0.273. The van der Waals surface area contributed by atoms with Gasteiger partial charge in [0.2, 0.25) is 0 Å². The topological polar surface area (TPSA) is 32.5 Å². The summed E-state index contributed by atoms with van der Waals surface area (Å²) in [6, 6.07) is 3.34. The first kappa shape index (κ1) is 12.7. The third kappa shape index (κ3) is 2.15. The number of anilines is 1. The quantitative estimate of drug-likeness (QED) is 0.860. The lowest BCUT2D eigenvalue weighted by atomic mass is 10.3. The molecule has 1 aliphatic rings. The molecule has 2 rings (SSSR count). The molecule has 0 spiro atoms. The summed E-state index contributed by atoms with van der Waals surface area (Å²) in [5.74, 6) is 0. The maximum atomic E-state index is 6.18. The Labute approximate surface area is 115 Å². The van der Waals surface area contributed by atoms with Crippen molar-refractivity contribution in [2.45, 2.75) is 6.92 Å². The van der Waals surface area contributed by atoms with E-state index in [9.17, 15) is 0 Å². The van der Waals surface area contributed by atoms with Gasteiger partial charge in [0, 0.05) is 12.1 Å². The highest BCUT2D eigenvalue weighted by Gasteiger charge is 2.26. The van der Waals surface area contributed by atoms with Crippen LogP contribution in [0.2, 0.25) is 15.1 Å². The van der Waals surface area contributed by atoms with Crippen molar-refractivity contribution < 1.29 is 0 Å². The molecule has 0 saturated carbocycles. The number of nitrogens with two attached hydrogens (primary N) is 1. The third-order valence-electron chi connectivity index (χ3n) is 2.87. The molecule has 0 atom stereocenters. The van der Waals surface area contributed by atoms with E-state index in [-0.39, 0.29) is 0 Å². The van der Waals surface area contributed by atoms with Crippen LogP contribution in [-0.2, 0) is 0 Å². The lowest BCUT2D eigenvalue weighted by Gasteiger charge is -2.30. The Morgan fingerprint density at radius 2 is 1.71 bits per heavy atom. The standard InChI is InChI=1S/C11H12Cl3N3/c1-6-10(15)5-17(16(6)2)11-8(13)3-7(12)4-9(11)14/h3-4H,5,15H2,1-2H3. The maximum Gasteiger partial charge on any atom is 0.0952 e. The third-order valence-corrected chi connectivity index (χ3v) is 3.67. The van der Waals surface area contributed by atoms with E-state index < -0.39 is 0 Å². The molecule has 6 heteroatoms. The van der Waals surface area contributed by atoms with Gasteiger partial charge in [-0.1, -0.05) is 34.8 Å². The Morgan fingerprint density at radius 1 is 1.18 bits per heavy atom. The van der Waals surface area contributed by atoms with Crippen LogP contribution in [0.1, 0.15) is 6.92 Å². The predicted octanol–water partition coefficient (Wildman–Crippen LogP) is 3.50. The number of rotatable bonds is 1. The maximum absolute atomic E-state index is 6.18. The summed E-state index contributed by atoms with van der Waals surface area (Å²) in [6.07, 6.45) is 0. The molecule has 1 aliphatic heterocycles. The van der Waals surface area contributed by atoms with Crippen LogP contribution >= 0.6 is 34.8 Å². The number of hydrazine groups is 1. The summed E-state index contributed by atoms with van der Waals surface area (Å²) in [5.41, 5.74) is 8.43. The lowest BCUT2D eigenvalue weighted by molar-refractivity contribution is 0.422. The van der Waals surface area contributed by atoms with Gasteiger partial charge in [-0.15, -0.1) is 0 Å². The summed E-state index contributed by atoms with van der Waals surface area (Å²) in [7, 11) is 1.91. The Hall–Kier alpha value is -0.770. The summed E-state index contributed by atoms with van der Waals surface area (Å²) in [5, 5.41) is 5.39. The summed E-state index contributed by atoms with van der Waals surface area (Å²) >= 11 is 18.2. The average Bonchev–Trinajstić information content (AvgIpc) is 2.45. The zero-order valence-electron chi connectivity index (χ0n) is 9.47. The van der Waals surface area contributed by atoms with Crippen LogP contribution in [-0.4, -0.2) is 18.6 Å². The van der Waals surface area contributed by atoms with E-state index in [1.165, 1.54) is 0 Å². The monoisotopic (exact) mass is 291 g/mol. The van der Waals surface area contributed by atoms with Gasteiger partial charge in [-0.3, -0.25) is 10.0 Å². The highest BCUT2D eigenvalue weighted by molar-refractivity contribution is 6.41. The highest BCUT2D eigenvalue weighted by atomic mass is 35.5. The molecule has 92 valence electrons. The fourth-order valence-electron chi connectivity index (χ4n) is 1.78. The molecule has 2 N–H and O–H groups in total. The van der Waals surface area contributed by atoms with Crippen LogP contribution in [0, 0.1) is 0 Å². The van der Waals surface area contributed by atoms with Gasteiger partial charge >= 0.3 is 0 Å². The molecular formula is C11H12Cl3N3. The molecule has 0 saturated heterocycles. The molecule has 3 nitrogen and oxygen atoms in total. The second kappa shape index (κ2) is 4.48. The van der Waals surface area contributed by atoms with Crippen molar-refractivity contribution in [2.24, 2.45) is 5.73 Å². The molecule has 0 unspecified atom stereocenters. The van der Waals surface area contributed by atoms with Gasteiger partial charge in [-0.25, -0.2) is 0 Å². The second-order valence-electron chi connectivity index (χ2n) is 3.91. The van der Waals surface area contributed by atoms with Crippen LogP contribution in [0.15, 0.2) is 23.5 Å². The van der Waals surface area contributed by atoms with E-state index in [1.807, 2.05) is 24.0 Å². The molecule has 0 amide bonds. The molecular weight excluding hydrogens is 281 g/mol. The van der Waals surface area contributed by atoms with Crippen LogP contribution < -0.4 is 10.7 Å². The zero-order valence-corrected chi connectivity index (χ0v) is 11.7. The van der Waals surface area contributed by atoms with E-state index in [2.05, 4.69) is 0 Å². The van der Waals surface area contributed by atoms with Crippen LogP contribution in [0.5, 0.6) is 0 Å².